The number of aryl methyl sites for hydroxylation is 1. The molecular formula is C31H30ClN5O4S. The van der Waals surface area contributed by atoms with Crippen LogP contribution < -0.4 is 20.3 Å². The molecule has 0 radical (unpaired) electrons. The smallest absolute Gasteiger partial charge is 0.327 e. The highest BCUT2D eigenvalue weighted by atomic mass is 35.5. The van der Waals surface area contributed by atoms with Crippen LogP contribution in [0.3, 0.4) is 0 Å². The van der Waals surface area contributed by atoms with Gasteiger partial charge >= 0.3 is 6.03 Å². The Kier molecular flexibility index (Phi) is 7.83. The van der Waals surface area contributed by atoms with Crippen molar-refractivity contribution in [2.75, 3.05) is 18.0 Å². The number of urea groups is 1. The van der Waals surface area contributed by atoms with E-state index in [2.05, 4.69) is 15.6 Å². The summed E-state index contributed by atoms with van der Waals surface area (Å²) in [5.41, 5.74) is 3.10. The fraction of sp³-hybridized carbons (Fsp3) is 0.290. The molecule has 11 heteroatoms. The minimum Gasteiger partial charge on any atom is -0.457 e. The van der Waals surface area contributed by atoms with Gasteiger partial charge in [-0.2, -0.15) is 0 Å². The van der Waals surface area contributed by atoms with E-state index in [0.717, 1.165) is 29.7 Å². The maximum Gasteiger partial charge on any atom is 0.327 e. The highest BCUT2D eigenvalue weighted by Gasteiger charge is 2.47. The number of halogens is 1. The van der Waals surface area contributed by atoms with Crippen molar-refractivity contribution in [2.24, 2.45) is 0 Å². The molecule has 4 heterocycles. The molecule has 3 atom stereocenters. The van der Waals surface area contributed by atoms with Gasteiger partial charge in [-0.25, -0.2) is 9.78 Å². The van der Waals surface area contributed by atoms with E-state index in [4.69, 9.17) is 16.3 Å². The third-order valence-electron chi connectivity index (χ3n) is 7.67. The highest BCUT2D eigenvalue weighted by molar-refractivity contribution is 8.01. The van der Waals surface area contributed by atoms with Gasteiger partial charge in [0.25, 0.3) is 5.91 Å². The topological polar surface area (TPSA) is 104 Å². The predicted octanol–water partition coefficient (Wildman–Crippen LogP) is 5.81. The standard InChI is InChI=1S/C31H30ClN5O4S/c1-3-22(32)30(39)36-15-7-8-19(17-36)34-28(38)27-26-25-24(13-14-33-29(25)42-27)37(31(40)35-26)23-12-11-21(16-18(23)2)41-20-9-5-4-6-10-20/h3-6,9-14,16,19,26-27H,7-8,15,17H2,1-2H3,(H,34,38)(H,35,40)/b22-3-/t19?,26?,27-/m1/s1. The number of carbonyl (C=O) groups is 3. The second kappa shape index (κ2) is 11.7. The van der Waals surface area contributed by atoms with Crippen molar-refractivity contribution in [3.8, 4) is 11.5 Å². The summed E-state index contributed by atoms with van der Waals surface area (Å²) in [5.74, 6) is 0.966. The van der Waals surface area contributed by atoms with Gasteiger partial charge in [0, 0.05) is 30.9 Å². The van der Waals surface area contributed by atoms with Gasteiger partial charge in [-0.1, -0.05) is 47.6 Å². The molecule has 1 fully saturated rings. The van der Waals surface area contributed by atoms with Gasteiger partial charge in [-0.15, -0.1) is 0 Å². The fourth-order valence-corrected chi connectivity index (χ4v) is 7.02. The zero-order valence-corrected chi connectivity index (χ0v) is 24.7. The average molecular weight is 604 g/mol. The van der Waals surface area contributed by atoms with Gasteiger partial charge < -0.3 is 20.3 Å². The first-order valence-corrected chi connectivity index (χ1v) is 15.1. The SMILES string of the molecule is C/C=C(\Cl)C(=O)N1CCCC(NC(=O)[C@@H]2Sc3nccc4c3C2NC(=O)N4c2ccc(Oc3ccccc3)cc2C)C1. The monoisotopic (exact) mass is 603 g/mol. The first-order valence-electron chi connectivity index (χ1n) is 13.8. The van der Waals surface area contributed by atoms with E-state index in [1.54, 1.807) is 29.0 Å². The Balaban J connectivity index is 1.21. The van der Waals surface area contributed by atoms with Gasteiger partial charge in [0.15, 0.2) is 0 Å². The number of hydrogen-bond acceptors (Lipinski definition) is 6. The van der Waals surface area contributed by atoms with Gasteiger partial charge in [-0.3, -0.25) is 14.5 Å². The lowest BCUT2D eigenvalue weighted by Crippen LogP contribution is -2.53. The lowest BCUT2D eigenvalue weighted by molar-refractivity contribution is -0.129. The maximum absolute atomic E-state index is 13.6. The molecule has 3 aliphatic heterocycles. The molecular weight excluding hydrogens is 574 g/mol. The second-order valence-corrected chi connectivity index (χ2v) is 12.0. The second-order valence-electron chi connectivity index (χ2n) is 10.4. The number of likely N-dealkylation sites (tertiary alicyclic amines) is 1. The molecule has 42 heavy (non-hydrogen) atoms. The number of rotatable bonds is 6. The first-order chi connectivity index (χ1) is 20.3. The number of allylic oxidation sites excluding steroid dienone is 1. The van der Waals surface area contributed by atoms with Crippen molar-refractivity contribution < 1.29 is 19.1 Å². The average Bonchev–Trinajstić information content (AvgIpc) is 3.37. The van der Waals surface area contributed by atoms with Crippen molar-refractivity contribution in [1.29, 1.82) is 0 Å². The summed E-state index contributed by atoms with van der Waals surface area (Å²) >= 11 is 7.41. The van der Waals surface area contributed by atoms with Gasteiger partial charge in [0.1, 0.15) is 26.8 Å². The minimum atomic E-state index is -0.590. The Hall–Kier alpha value is -4.02. The van der Waals surface area contributed by atoms with Crippen LogP contribution in [0.15, 0.2) is 76.9 Å². The number of nitrogens with one attached hydrogen (secondary N) is 2. The summed E-state index contributed by atoms with van der Waals surface area (Å²) in [5, 5.41) is 6.48. The molecule has 0 bridgehead atoms. The summed E-state index contributed by atoms with van der Waals surface area (Å²) in [6.45, 7) is 4.63. The van der Waals surface area contributed by atoms with Crippen LogP contribution in [-0.4, -0.2) is 52.1 Å². The molecule has 3 aromatic rings. The number of ether oxygens (including phenoxy) is 1. The number of amides is 4. The largest absolute Gasteiger partial charge is 0.457 e. The summed E-state index contributed by atoms with van der Waals surface area (Å²) in [6.07, 6.45) is 4.76. The van der Waals surface area contributed by atoms with Crippen LogP contribution in [0.5, 0.6) is 11.5 Å². The zero-order valence-electron chi connectivity index (χ0n) is 23.2. The molecule has 216 valence electrons. The summed E-state index contributed by atoms with van der Waals surface area (Å²) in [4.78, 5) is 47.6. The normalized spacial score (nSPS) is 21.5. The van der Waals surface area contributed by atoms with E-state index >= 15 is 0 Å². The molecule has 1 aromatic heterocycles. The van der Waals surface area contributed by atoms with Crippen LogP contribution in [0.1, 0.15) is 36.9 Å². The first kappa shape index (κ1) is 28.1. The Morgan fingerprint density at radius 2 is 1.95 bits per heavy atom. The third kappa shape index (κ3) is 5.32. The van der Waals surface area contributed by atoms with Gasteiger partial charge in [-0.05, 0) is 68.7 Å². The van der Waals surface area contributed by atoms with Crippen LogP contribution in [0, 0.1) is 6.92 Å². The van der Waals surface area contributed by atoms with Crippen LogP contribution >= 0.6 is 23.4 Å². The third-order valence-corrected chi connectivity index (χ3v) is 9.33. The van der Waals surface area contributed by atoms with E-state index in [1.165, 1.54) is 11.8 Å². The Morgan fingerprint density at radius 1 is 1.14 bits per heavy atom. The molecule has 0 aliphatic carbocycles. The number of pyridine rings is 1. The molecule has 0 spiro atoms. The number of anilines is 2. The van der Waals surface area contributed by atoms with E-state index in [9.17, 15) is 14.4 Å². The van der Waals surface area contributed by atoms with Crippen LogP contribution in [0.2, 0.25) is 0 Å². The van der Waals surface area contributed by atoms with Gasteiger partial charge in [0.2, 0.25) is 5.91 Å². The van der Waals surface area contributed by atoms with Gasteiger partial charge in [0.05, 0.1) is 17.4 Å². The molecule has 9 nitrogen and oxygen atoms in total. The van der Waals surface area contributed by atoms with Crippen LogP contribution in [0.25, 0.3) is 0 Å². The van der Waals surface area contributed by atoms with Crippen molar-refractivity contribution >= 4 is 52.6 Å². The van der Waals surface area contributed by atoms with E-state index < -0.39 is 11.3 Å². The zero-order chi connectivity index (χ0) is 29.4. The molecule has 4 amide bonds. The Labute approximate surface area is 253 Å². The summed E-state index contributed by atoms with van der Waals surface area (Å²) < 4.78 is 5.98. The Morgan fingerprint density at radius 3 is 2.71 bits per heavy atom. The molecule has 2 unspecified atom stereocenters. The number of hydrogen-bond donors (Lipinski definition) is 2. The number of piperidine rings is 1. The van der Waals surface area contributed by atoms with Crippen molar-refractivity contribution in [1.82, 2.24) is 20.5 Å². The lowest BCUT2D eigenvalue weighted by atomic mass is 9.98. The number of thioether (sulfide) groups is 1. The van der Waals surface area contributed by atoms with Crippen molar-refractivity contribution in [2.45, 2.75) is 49.0 Å². The fourth-order valence-electron chi connectivity index (χ4n) is 5.67. The van der Waals surface area contributed by atoms with E-state index in [1.807, 2.05) is 61.5 Å². The van der Waals surface area contributed by atoms with E-state index in [0.29, 0.717) is 35.2 Å². The molecule has 2 N–H and O–H groups in total. The van der Waals surface area contributed by atoms with Crippen molar-refractivity contribution in [3.05, 3.63) is 83.0 Å². The van der Waals surface area contributed by atoms with Crippen LogP contribution in [0.4, 0.5) is 16.2 Å². The minimum absolute atomic E-state index is 0.172. The summed E-state index contributed by atoms with van der Waals surface area (Å²) in [7, 11) is 0. The van der Waals surface area contributed by atoms with E-state index in [-0.39, 0.29) is 28.9 Å². The number of carbonyl (C=O) groups excluding carboxylic acids is 3. The predicted molar refractivity (Wildman–Crippen MR) is 162 cm³/mol. The molecule has 3 aliphatic rings. The number of aromatic nitrogens is 1. The maximum atomic E-state index is 13.6. The van der Waals surface area contributed by atoms with Crippen molar-refractivity contribution in [3.63, 3.8) is 0 Å². The number of nitrogens with zero attached hydrogens (tertiary/aromatic N) is 3. The number of para-hydroxylation sites is 1. The number of benzene rings is 2. The summed E-state index contributed by atoms with van der Waals surface area (Å²) in [6, 6.07) is 15.9. The molecule has 6 rings (SSSR count). The highest BCUT2D eigenvalue weighted by Crippen LogP contribution is 2.51. The lowest BCUT2D eigenvalue weighted by Gasteiger charge is -2.36. The molecule has 0 saturated carbocycles. The Bertz CT molecular complexity index is 1580. The molecule has 1 saturated heterocycles. The van der Waals surface area contributed by atoms with Crippen LogP contribution in [-0.2, 0) is 9.59 Å². The quantitative estimate of drug-likeness (QED) is 0.345. The molecule has 2 aromatic carbocycles.